The van der Waals surface area contributed by atoms with Crippen molar-refractivity contribution in [3.05, 3.63) is 235 Å². The summed E-state index contributed by atoms with van der Waals surface area (Å²) in [5, 5.41) is 23.4. The fraction of sp³-hybridized carbons (Fsp3) is 0. The van der Waals surface area contributed by atoms with Crippen LogP contribution in [0.15, 0.2) is 228 Å². The van der Waals surface area contributed by atoms with Crippen LogP contribution in [0.1, 0.15) is 16.7 Å². The molecule has 0 aliphatic carbocycles. The molecule has 0 radical (unpaired) electrons. The van der Waals surface area contributed by atoms with Gasteiger partial charge in [0.05, 0.1) is 5.71 Å². The molecule has 0 aliphatic rings. The second-order valence-corrected chi connectivity index (χ2v) is 16.1. The molecule has 0 saturated carbocycles. The predicted molar refractivity (Wildman–Crippen MR) is 267 cm³/mol. The first-order valence-electron chi connectivity index (χ1n) is 21.4. The summed E-state index contributed by atoms with van der Waals surface area (Å²) in [5.41, 5.74) is 9.77. The van der Waals surface area contributed by atoms with Crippen LogP contribution in [0.5, 0.6) is 0 Å². The molecule has 3 heteroatoms. The highest BCUT2D eigenvalue weighted by Crippen LogP contribution is 2.46. The number of nitrogens with one attached hydrogen (secondary N) is 1. The van der Waals surface area contributed by atoms with Crippen LogP contribution in [0.3, 0.4) is 0 Å². The lowest BCUT2D eigenvalue weighted by molar-refractivity contribution is 0.670. The minimum absolute atomic E-state index is 0.201. The maximum Gasteiger partial charge on any atom is 0.152 e. The lowest BCUT2D eigenvalue weighted by Gasteiger charge is -2.20. The number of fused-ring (bicyclic) bond motifs is 9. The largest absolute Gasteiger partial charge is 0.455 e. The molecule has 0 aliphatic heterocycles. The Labute approximate surface area is 364 Å². The second kappa shape index (κ2) is 14.9. The molecule has 3 nitrogen and oxygen atoms in total. The van der Waals surface area contributed by atoms with E-state index in [-0.39, 0.29) is 5.84 Å². The first-order chi connectivity index (χ1) is 31.2. The van der Waals surface area contributed by atoms with Crippen LogP contribution in [0, 0.1) is 5.41 Å². The van der Waals surface area contributed by atoms with Crippen molar-refractivity contribution in [1.29, 1.82) is 5.41 Å². The van der Waals surface area contributed by atoms with Crippen molar-refractivity contribution in [2.75, 3.05) is 0 Å². The van der Waals surface area contributed by atoms with Gasteiger partial charge >= 0.3 is 0 Å². The molecule has 0 bridgehead atoms. The van der Waals surface area contributed by atoms with Gasteiger partial charge in [-0.05, 0) is 94.3 Å². The minimum Gasteiger partial charge on any atom is -0.455 e. The number of nitrogens with zero attached hydrogens (tertiary/aromatic N) is 1. The zero-order valence-corrected chi connectivity index (χ0v) is 34.2. The number of benzene rings is 11. The molecule has 1 N–H and O–H groups in total. The molecule has 0 spiro atoms. The highest BCUT2D eigenvalue weighted by Gasteiger charge is 2.20. The van der Waals surface area contributed by atoms with E-state index < -0.39 is 0 Å². The zero-order chi connectivity index (χ0) is 41.9. The highest BCUT2D eigenvalue weighted by atomic mass is 16.3. The molecule has 0 unspecified atom stereocenters. The minimum atomic E-state index is 0.201. The SMILES string of the molecule is N=C(N=C(/C=C/c1c2ccccc2c(-c2c3ccccc3cc3c2ccc2ccccc23)c2ccccc12)c1ccc(-c2cccc3c2oc2ccccc23)cc1)c1ccccc1. The number of allylic oxidation sites excluding steroid dienone is 1. The summed E-state index contributed by atoms with van der Waals surface area (Å²) in [4.78, 5) is 5.03. The van der Waals surface area contributed by atoms with Crippen LogP contribution in [0.4, 0.5) is 0 Å². The number of hydrogen-bond donors (Lipinski definition) is 1. The predicted octanol–water partition coefficient (Wildman–Crippen LogP) is 16.2. The van der Waals surface area contributed by atoms with E-state index in [2.05, 4.69) is 182 Å². The fourth-order valence-electron chi connectivity index (χ4n) is 9.64. The van der Waals surface area contributed by atoms with E-state index >= 15 is 0 Å². The van der Waals surface area contributed by atoms with Gasteiger partial charge in [0.2, 0.25) is 0 Å². The Hall–Kier alpha value is -8.40. The summed E-state index contributed by atoms with van der Waals surface area (Å²) in [7, 11) is 0. The van der Waals surface area contributed by atoms with Gasteiger partial charge in [-0.1, -0.05) is 206 Å². The zero-order valence-electron chi connectivity index (χ0n) is 34.2. The van der Waals surface area contributed by atoms with E-state index in [1.54, 1.807) is 0 Å². The third-order valence-electron chi connectivity index (χ3n) is 12.6. The van der Waals surface area contributed by atoms with Gasteiger partial charge in [-0.15, -0.1) is 0 Å². The van der Waals surface area contributed by atoms with Gasteiger partial charge in [-0.3, -0.25) is 5.41 Å². The normalized spacial score (nSPS) is 12.2. The lowest BCUT2D eigenvalue weighted by Crippen LogP contribution is -2.04. The topological polar surface area (TPSA) is 49.4 Å². The number of furan rings is 1. The van der Waals surface area contributed by atoms with Crippen LogP contribution in [-0.2, 0) is 0 Å². The van der Waals surface area contributed by atoms with Crippen molar-refractivity contribution in [1.82, 2.24) is 0 Å². The molecular formula is C60H38N2O. The Balaban J connectivity index is 1.04. The summed E-state index contributed by atoms with van der Waals surface area (Å²) in [6.07, 6.45) is 4.28. The second-order valence-electron chi connectivity index (χ2n) is 16.1. The quantitative estimate of drug-likeness (QED) is 0.0774. The molecule has 1 heterocycles. The van der Waals surface area contributed by atoms with Crippen molar-refractivity contribution in [3.8, 4) is 22.3 Å². The Bertz CT molecular complexity index is 3800. The van der Waals surface area contributed by atoms with Gasteiger partial charge in [0.15, 0.2) is 5.84 Å². The number of para-hydroxylation sites is 2. The van der Waals surface area contributed by atoms with Crippen LogP contribution >= 0.6 is 0 Å². The average Bonchev–Trinajstić information content (AvgIpc) is 3.74. The van der Waals surface area contributed by atoms with E-state index in [1.165, 1.54) is 54.2 Å². The molecule has 0 atom stereocenters. The van der Waals surface area contributed by atoms with E-state index in [1.807, 2.05) is 42.5 Å². The number of hydrogen-bond acceptors (Lipinski definition) is 2. The van der Waals surface area contributed by atoms with Gasteiger partial charge in [0.25, 0.3) is 0 Å². The van der Waals surface area contributed by atoms with Crippen molar-refractivity contribution < 1.29 is 4.42 Å². The monoisotopic (exact) mass is 802 g/mol. The third-order valence-corrected chi connectivity index (χ3v) is 12.6. The van der Waals surface area contributed by atoms with E-state index in [0.29, 0.717) is 5.71 Å². The van der Waals surface area contributed by atoms with Crippen LogP contribution in [-0.4, -0.2) is 11.5 Å². The maximum absolute atomic E-state index is 9.15. The average molecular weight is 803 g/mol. The first kappa shape index (κ1) is 36.5. The summed E-state index contributed by atoms with van der Waals surface area (Å²) in [5.74, 6) is 0.201. The Morgan fingerprint density at radius 3 is 1.73 bits per heavy atom. The molecule has 12 aromatic rings. The summed E-state index contributed by atoms with van der Waals surface area (Å²) < 4.78 is 6.41. The smallest absolute Gasteiger partial charge is 0.152 e. The number of amidine groups is 1. The van der Waals surface area contributed by atoms with Crippen molar-refractivity contribution in [2.45, 2.75) is 0 Å². The summed E-state index contributed by atoms with van der Waals surface area (Å²) in [6.45, 7) is 0. The standard InChI is InChI=1S/C60H38N2O/c61-60(41-16-2-1-3-17-41)62-55(40-31-29-39(30-32-40)45-26-14-27-53-49-23-12-13-28-56(49)63-59(45)53)36-35-48-46-21-8-10-24-50(46)58(51-25-11-9-22-47(48)51)57-44-20-7-5-18-42(44)37-54-43-19-6-4-15-38(43)33-34-52(54)57/h1-37,61H/b36-35+,61-60?,62-55?. The van der Waals surface area contributed by atoms with E-state index in [4.69, 9.17) is 14.8 Å². The Morgan fingerprint density at radius 2 is 0.984 bits per heavy atom. The van der Waals surface area contributed by atoms with Gasteiger partial charge in [-0.25, -0.2) is 4.99 Å². The molecule has 0 amide bonds. The van der Waals surface area contributed by atoms with Gasteiger partial charge in [0, 0.05) is 27.5 Å². The molecule has 0 saturated heterocycles. The first-order valence-corrected chi connectivity index (χ1v) is 21.4. The molecule has 11 aromatic carbocycles. The summed E-state index contributed by atoms with van der Waals surface area (Å²) >= 11 is 0. The lowest BCUT2D eigenvalue weighted by atomic mass is 9.83. The molecule has 63 heavy (non-hydrogen) atoms. The van der Waals surface area contributed by atoms with Crippen molar-refractivity contribution >= 4 is 93.4 Å². The maximum atomic E-state index is 9.15. The van der Waals surface area contributed by atoms with Crippen LogP contribution in [0.25, 0.3) is 104 Å². The van der Waals surface area contributed by atoms with Crippen LogP contribution < -0.4 is 0 Å². The third kappa shape index (κ3) is 6.13. The van der Waals surface area contributed by atoms with Gasteiger partial charge < -0.3 is 4.42 Å². The molecule has 0 fully saturated rings. The fourth-order valence-corrected chi connectivity index (χ4v) is 9.64. The van der Waals surface area contributed by atoms with E-state index in [0.717, 1.165) is 60.5 Å². The van der Waals surface area contributed by atoms with Gasteiger partial charge in [0.1, 0.15) is 11.2 Å². The molecule has 294 valence electrons. The number of aliphatic imine (C=N–C) groups is 1. The highest BCUT2D eigenvalue weighted by molar-refractivity contribution is 6.28. The molecule has 1 aromatic heterocycles. The Kier molecular flexibility index (Phi) is 8.65. The summed E-state index contributed by atoms with van der Waals surface area (Å²) in [6, 6.07) is 74.7. The molecular weight excluding hydrogens is 765 g/mol. The molecule has 12 rings (SSSR count). The van der Waals surface area contributed by atoms with Gasteiger partial charge in [-0.2, -0.15) is 0 Å². The Morgan fingerprint density at radius 1 is 0.413 bits per heavy atom. The van der Waals surface area contributed by atoms with Crippen molar-refractivity contribution in [3.63, 3.8) is 0 Å². The number of rotatable bonds is 6. The van der Waals surface area contributed by atoms with Crippen molar-refractivity contribution in [2.24, 2.45) is 4.99 Å². The van der Waals surface area contributed by atoms with E-state index in [9.17, 15) is 0 Å². The van der Waals surface area contributed by atoms with Crippen LogP contribution in [0.2, 0.25) is 0 Å².